The van der Waals surface area contributed by atoms with E-state index in [1.54, 1.807) is 0 Å². The van der Waals surface area contributed by atoms with Gasteiger partial charge in [-0.2, -0.15) is 4.99 Å². The lowest BCUT2D eigenvalue weighted by molar-refractivity contribution is 0.0593. The van der Waals surface area contributed by atoms with Crippen LogP contribution in [0.3, 0.4) is 0 Å². The number of carbonyl (C=O) groups excluding carboxylic acids is 1. The van der Waals surface area contributed by atoms with Crippen LogP contribution in [0.25, 0.3) is 0 Å². The number of nitrogens with one attached hydrogen (secondary N) is 2. The molecule has 28 heavy (non-hydrogen) atoms. The summed E-state index contributed by atoms with van der Waals surface area (Å²) in [6.07, 6.45) is 0.594. The summed E-state index contributed by atoms with van der Waals surface area (Å²) in [6.45, 7) is 6.31. The number of anilines is 1. The lowest BCUT2D eigenvalue weighted by Gasteiger charge is -2.07. The minimum Gasteiger partial charge on any atom is -0.464 e. The van der Waals surface area contributed by atoms with Crippen LogP contribution in [0.5, 0.6) is 0 Å². The Bertz CT molecular complexity index is 947. The molecule has 4 N–H and O–H groups in total. The molecule has 0 spiro atoms. The molecule has 0 unspecified atom stereocenters. The van der Waals surface area contributed by atoms with Crippen molar-refractivity contribution in [2.75, 3.05) is 12.5 Å². The molecule has 0 radical (unpaired) electrons. The number of aliphatic imine (C=N–C) groups is 1. The fourth-order valence-electron chi connectivity index (χ4n) is 2.32. The van der Waals surface area contributed by atoms with Crippen molar-refractivity contribution in [1.82, 2.24) is 15.4 Å². The van der Waals surface area contributed by atoms with Crippen molar-refractivity contribution in [1.29, 1.82) is 0 Å². The average Bonchev–Trinajstić information content (AvgIpc) is 3.14. The maximum absolute atomic E-state index is 12.0. The number of esters is 1. The predicted molar refractivity (Wildman–Crippen MR) is 106 cm³/mol. The average molecular weight is 400 g/mol. The number of rotatable bonds is 6. The molecule has 1 aromatic carbocycles. The Kier molecular flexibility index (Phi) is 6.12. The highest BCUT2D eigenvalue weighted by Crippen LogP contribution is 2.31. The molecule has 9 nitrogen and oxygen atoms in total. The van der Waals surface area contributed by atoms with E-state index in [9.17, 15) is 4.79 Å². The number of carbonyl (C=O) groups is 1. The normalized spacial score (nSPS) is 12.9. The number of aromatic nitrogens is 2. The van der Waals surface area contributed by atoms with E-state index in [0.29, 0.717) is 17.3 Å². The van der Waals surface area contributed by atoms with Gasteiger partial charge in [-0.1, -0.05) is 13.5 Å². The minimum absolute atomic E-state index is 0.0744. The van der Waals surface area contributed by atoms with E-state index in [0.717, 1.165) is 22.7 Å². The van der Waals surface area contributed by atoms with Gasteiger partial charge in [0.25, 0.3) is 6.02 Å². The molecule has 2 aromatic rings. The second-order valence-corrected chi connectivity index (χ2v) is 6.77. The monoisotopic (exact) mass is 400 g/mol. The van der Waals surface area contributed by atoms with Gasteiger partial charge < -0.3 is 20.6 Å². The molecule has 3 rings (SSSR count). The third-order valence-corrected chi connectivity index (χ3v) is 4.60. The molecule has 146 valence electrons. The summed E-state index contributed by atoms with van der Waals surface area (Å²) in [5.74, 6) is 0.0581. The summed E-state index contributed by atoms with van der Waals surface area (Å²) >= 11 is 1.30. The highest BCUT2D eigenvalue weighted by molar-refractivity contribution is 7.99. The van der Waals surface area contributed by atoms with E-state index in [1.807, 2.05) is 25.1 Å². The third kappa shape index (κ3) is 4.78. The fraction of sp³-hybridized carbons (Fsp3) is 0.222. The first-order valence-electron chi connectivity index (χ1n) is 8.45. The van der Waals surface area contributed by atoms with Crippen LogP contribution in [-0.2, 0) is 16.0 Å². The molecule has 0 fully saturated rings. The Morgan fingerprint density at radius 1 is 1.39 bits per heavy atom. The summed E-state index contributed by atoms with van der Waals surface area (Å²) in [5.41, 5.74) is 14.1. The lowest BCUT2D eigenvalue weighted by Crippen LogP contribution is -2.15. The number of hydrazine groups is 1. The zero-order valence-electron chi connectivity index (χ0n) is 15.5. The molecule has 0 aliphatic carbocycles. The van der Waals surface area contributed by atoms with Crippen molar-refractivity contribution in [3.8, 4) is 0 Å². The summed E-state index contributed by atoms with van der Waals surface area (Å²) < 4.78 is 10.0. The Morgan fingerprint density at radius 2 is 2.21 bits per heavy atom. The van der Waals surface area contributed by atoms with E-state index in [1.165, 1.54) is 24.9 Å². The van der Waals surface area contributed by atoms with Crippen LogP contribution in [0.2, 0.25) is 0 Å². The lowest BCUT2D eigenvalue weighted by atomic mass is 10.2. The summed E-state index contributed by atoms with van der Waals surface area (Å²) in [6, 6.07) is 7.18. The standard InChI is InChI=1S/C18H20N6O3S/c1-4-10(2)27-17(19)22-15-8-14(16(25)26-3)21-18(23-15)28-12-5-6-13-11(7-12)9-20-24-13/h5-8,20,24H,2,4,9H2,1,3H3,(H2,19,21,22,23). The van der Waals surface area contributed by atoms with Crippen molar-refractivity contribution in [2.24, 2.45) is 10.7 Å². The topological polar surface area (TPSA) is 124 Å². The molecule has 1 aromatic heterocycles. The number of hydrogen-bond acceptors (Lipinski definition) is 9. The highest BCUT2D eigenvalue weighted by Gasteiger charge is 2.15. The van der Waals surface area contributed by atoms with Gasteiger partial charge in [-0.05, 0) is 35.5 Å². The first-order valence-corrected chi connectivity index (χ1v) is 9.27. The second kappa shape index (κ2) is 8.72. The van der Waals surface area contributed by atoms with E-state index in [-0.39, 0.29) is 17.5 Å². The number of methoxy groups -OCH3 is 1. The van der Waals surface area contributed by atoms with Gasteiger partial charge >= 0.3 is 5.97 Å². The number of fused-ring (bicyclic) bond motifs is 1. The Balaban J connectivity index is 1.90. The van der Waals surface area contributed by atoms with Crippen molar-refractivity contribution >= 4 is 35.3 Å². The molecule has 0 saturated heterocycles. The zero-order valence-corrected chi connectivity index (χ0v) is 16.3. The van der Waals surface area contributed by atoms with Crippen molar-refractivity contribution in [2.45, 2.75) is 29.9 Å². The number of allylic oxidation sites excluding steroid dienone is 1. The van der Waals surface area contributed by atoms with E-state index < -0.39 is 5.97 Å². The van der Waals surface area contributed by atoms with Gasteiger partial charge in [0, 0.05) is 23.9 Å². The summed E-state index contributed by atoms with van der Waals surface area (Å²) in [4.78, 5) is 25.6. The van der Waals surface area contributed by atoms with Gasteiger partial charge in [-0.25, -0.2) is 20.2 Å². The summed E-state index contributed by atoms with van der Waals surface area (Å²) in [5, 5.41) is 0.336. The third-order valence-electron chi connectivity index (χ3n) is 3.74. The fourth-order valence-corrected chi connectivity index (χ4v) is 3.15. The van der Waals surface area contributed by atoms with Crippen LogP contribution in [0, 0.1) is 0 Å². The van der Waals surface area contributed by atoms with Crippen LogP contribution >= 0.6 is 11.8 Å². The maximum Gasteiger partial charge on any atom is 0.356 e. The largest absolute Gasteiger partial charge is 0.464 e. The molecule has 2 heterocycles. The number of hydrogen-bond donors (Lipinski definition) is 3. The molecular formula is C18H20N6O3S. The zero-order chi connectivity index (χ0) is 20.1. The number of nitrogens with zero attached hydrogens (tertiary/aromatic N) is 3. The van der Waals surface area contributed by atoms with Gasteiger partial charge in [0.05, 0.1) is 12.8 Å². The van der Waals surface area contributed by atoms with Crippen LogP contribution in [0.4, 0.5) is 11.5 Å². The van der Waals surface area contributed by atoms with Gasteiger partial charge in [0.2, 0.25) is 0 Å². The summed E-state index contributed by atoms with van der Waals surface area (Å²) in [7, 11) is 1.28. The van der Waals surface area contributed by atoms with Crippen LogP contribution in [0.15, 0.2) is 51.6 Å². The van der Waals surface area contributed by atoms with Crippen molar-refractivity contribution in [3.63, 3.8) is 0 Å². The van der Waals surface area contributed by atoms with E-state index in [2.05, 4.69) is 32.4 Å². The Hall–Kier alpha value is -3.11. The van der Waals surface area contributed by atoms with Crippen LogP contribution in [0.1, 0.15) is 29.4 Å². The number of nitrogens with two attached hydrogens (primary N) is 1. The number of ether oxygens (including phenoxy) is 2. The molecule has 0 atom stereocenters. The van der Waals surface area contributed by atoms with Gasteiger partial charge in [-0.3, -0.25) is 0 Å². The predicted octanol–water partition coefficient (Wildman–Crippen LogP) is 2.73. The van der Waals surface area contributed by atoms with Gasteiger partial charge in [0.1, 0.15) is 5.76 Å². The number of benzene rings is 1. The van der Waals surface area contributed by atoms with Crippen molar-refractivity contribution < 1.29 is 14.3 Å². The quantitative estimate of drug-likeness (QED) is 0.221. The molecular weight excluding hydrogens is 380 g/mol. The molecule has 10 heteroatoms. The van der Waals surface area contributed by atoms with Crippen LogP contribution < -0.4 is 16.6 Å². The SMILES string of the molecule is C=C(CC)OC(N)=Nc1cc(C(=O)OC)nc(Sc2ccc3c(c2)CNN3)n1. The smallest absolute Gasteiger partial charge is 0.356 e. The Morgan fingerprint density at radius 3 is 2.96 bits per heavy atom. The molecule has 0 amide bonds. The first-order chi connectivity index (χ1) is 13.5. The molecule has 0 saturated carbocycles. The number of amidine groups is 1. The molecule has 1 aliphatic rings. The maximum atomic E-state index is 12.0. The van der Waals surface area contributed by atoms with E-state index in [4.69, 9.17) is 15.2 Å². The van der Waals surface area contributed by atoms with Crippen molar-refractivity contribution in [3.05, 3.63) is 47.9 Å². The molecule has 1 aliphatic heterocycles. The van der Waals surface area contributed by atoms with Crippen LogP contribution in [-0.4, -0.2) is 29.1 Å². The first kappa shape index (κ1) is 19.6. The highest BCUT2D eigenvalue weighted by atomic mass is 32.2. The van der Waals surface area contributed by atoms with Gasteiger partial charge in [-0.15, -0.1) is 0 Å². The minimum atomic E-state index is -0.597. The van der Waals surface area contributed by atoms with E-state index >= 15 is 0 Å². The Labute approximate surface area is 166 Å². The molecule has 0 bridgehead atoms. The second-order valence-electron chi connectivity index (χ2n) is 5.73. The van der Waals surface area contributed by atoms with Gasteiger partial charge in [0.15, 0.2) is 16.7 Å².